The lowest BCUT2D eigenvalue weighted by molar-refractivity contribution is 0.770. The fourth-order valence-corrected chi connectivity index (χ4v) is 6.56. The van der Waals surface area contributed by atoms with Crippen LogP contribution in [0.2, 0.25) is 0 Å². The Kier molecular flexibility index (Phi) is 10.3. The van der Waals surface area contributed by atoms with Crippen LogP contribution in [0.15, 0.2) is 200 Å². The second-order valence-corrected chi connectivity index (χ2v) is 12.8. The molecule has 0 amide bonds. The van der Waals surface area contributed by atoms with Gasteiger partial charge in [-0.05, 0) is 94.3 Å². The van der Waals surface area contributed by atoms with Gasteiger partial charge in [0.1, 0.15) is 0 Å². The summed E-state index contributed by atoms with van der Waals surface area (Å²) in [7, 11) is 0. The van der Waals surface area contributed by atoms with Crippen LogP contribution in [-0.2, 0) is 0 Å². The highest BCUT2D eigenvalue weighted by atomic mass is 14.9. The van der Waals surface area contributed by atoms with Crippen LogP contribution < -0.4 is 10.6 Å². The van der Waals surface area contributed by atoms with E-state index in [-0.39, 0.29) is 0 Å². The Morgan fingerprint density at radius 1 is 0.640 bits per heavy atom. The molecule has 1 atom stereocenters. The number of benzene rings is 6. The molecular weight excluding hydrogens is 605 g/mol. The maximum atomic E-state index is 4.42. The third-order valence-electron chi connectivity index (χ3n) is 9.27. The molecule has 0 aliphatic heterocycles. The van der Waals surface area contributed by atoms with E-state index in [9.17, 15) is 0 Å². The summed E-state index contributed by atoms with van der Waals surface area (Å²) in [5.74, 6) is 0.337. The molecule has 2 heteroatoms. The summed E-state index contributed by atoms with van der Waals surface area (Å²) in [5, 5.41) is 7.25. The maximum Gasteiger partial charge on any atom is 0.0470 e. The summed E-state index contributed by atoms with van der Waals surface area (Å²) in [6.07, 6.45) is 11.8. The molecule has 1 unspecified atom stereocenters. The Morgan fingerprint density at radius 3 is 1.96 bits per heavy atom. The lowest BCUT2D eigenvalue weighted by atomic mass is 9.86. The number of hydrogen-bond acceptors (Lipinski definition) is 2. The molecule has 2 N–H and O–H groups in total. The zero-order valence-corrected chi connectivity index (χ0v) is 28.3. The number of anilines is 2. The molecule has 244 valence electrons. The van der Waals surface area contributed by atoms with Crippen LogP contribution in [0.1, 0.15) is 41.9 Å². The van der Waals surface area contributed by atoms with E-state index in [1.807, 2.05) is 6.07 Å². The fourth-order valence-electron chi connectivity index (χ4n) is 6.56. The number of para-hydroxylation sites is 1. The monoisotopic (exact) mass is 646 g/mol. The van der Waals surface area contributed by atoms with E-state index in [2.05, 4.69) is 199 Å². The van der Waals surface area contributed by atoms with Gasteiger partial charge in [-0.3, -0.25) is 0 Å². The van der Waals surface area contributed by atoms with Crippen molar-refractivity contribution in [3.63, 3.8) is 0 Å². The van der Waals surface area contributed by atoms with E-state index >= 15 is 0 Å². The highest BCUT2D eigenvalue weighted by molar-refractivity contribution is 5.85. The third-order valence-corrected chi connectivity index (χ3v) is 9.27. The van der Waals surface area contributed by atoms with Gasteiger partial charge in [0.2, 0.25) is 0 Å². The van der Waals surface area contributed by atoms with Crippen LogP contribution >= 0.6 is 0 Å². The van der Waals surface area contributed by atoms with Crippen LogP contribution in [0.25, 0.3) is 33.4 Å². The summed E-state index contributed by atoms with van der Waals surface area (Å²) in [6, 6.07) is 57.8. The van der Waals surface area contributed by atoms with E-state index in [0.717, 1.165) is 36.2 Å². The fraction of sp³-hybridized carbons (Fsp3) is 0.0833. The van der Waals surface area contributed by atoms with Crippen LogP contribution in [0.5, 0.6) is 0 Å². The predicted molar refractivity (Wildman–Crippen MR) is 214 cm³/mol. The van der Waals surface area contributed by atoms with E-state index < -0.39 is 0 Å². The first kappa shape index (κ1) is 32.4. The van der Waals surface area contributed by atoms with Crippen LogP contribution in [-0.4, -0.2) is 0 Å². The van der Waals surface area contributed by atoms with Crippen molar-refractivity contribution in [3.05, 3.63) is 217 Å². The molecule has 0 heterocycles. The summed E-state index contributed by atoms with van der Waals surface area (Å²) >= 11 is 0. The number of allylic oxidation sites excluding steroid dienone is 6. The molecule has 0 aromatic heterocycles. The molecule has 1 aliphatic rings. The topological polar surface area (TPSA) is 24.1 Å². The minimum atomic E-state index is 0.337. The summed E-state index contributed by atoms with van der Waals surface area (Å²) < 4.78 is 0. The molecule has 6 aromatic rings. The van der Waals surface area contributed by atoms with Gasteiger partial charge in [-0.25, -0.2) is 0 Å². The highest BCUT2D eigenvalue weighted by Crippen LogP contribution is 2.36. The first-order chi connectivity index (χ1) is 24.7. The number of nitrogens with one attached hydrogen (secondary N) is 2. The minimum Gasteiger partial charge on any atom is -0.365 e. The quantitative estimate of drug-likeness (QED) is 0.138. The van der Waals surface area contributed by atoms with E-state index in [0.29, 0.717) is 5.92 Å². The zero-order valence-electron chi connectivity index (χ0n) is 28.3. The Hall–Kier alpha value is -6.12. The Morgan fingerprint density at radius 2 is 1.26 bits per heavy atom. The van der Waals surface area contributed by atoms with Gasteiger partial charge in [-0.2, -0.15) is 0 Å². The highest BCUT2D eigenvalue weighted by Gasteiger charge is 2.17. The first-order valence-electron chi connectivity index (χ1n) is 17.4. The third kappa shape index (κ3) is 8.11. The standard InChI is InChI=1S/C48H42N2/c1-36(16-14-15-31-49-46-33-43(38-17-6-2-7-18-38)32-44(34-46)39-19-8-3-9-20-39)37-25-27-40(28-26-37)42-29-30-47(41-21-10-4-11-22-41)48(35-42)50-45-23-12-5-13-24-45/h2-13,15,17-33,35,44,49-50H,1,14,16,34H2/b31-15-. The molecule has 1 aliphatic carbocycles. The van der Waals surface area contributed by atoms with Gasteiger partial charge in [0, 0.05) is 28.6 Å². The first-order valence-corrected chi connectivity index (χ1v) is 17.4. The van der Waals surface area contributed by atoms with Gasteiger partial charge in [0.25, 0.3) is 0 Å². The van der Waals surface area contributed by atoms with Gasteiger partial charge in [-0.1, -0.05) is 164 Å². The Labute approximate surface area is 296 Å². The molecular formula is C48H42N2. The number of hydrogen-bond donors (Lipinski definition) is 2. The molecule has 2 nitrogen and oxygen atoms in total. The van der Waals surface area contributed by atoms with Crippen molar-refractivity contribution < 1.29 is 0 Å². The smallest absolute Gasteiger partial charge is 0.0470 e. The van der Waals surface area contributed by atoms with Gasteiger partial charge in [-0.15, -0.1) is 0 Å². The van der Waals surface area contributed by atoms with Crippen molar-refractivity contribution in [2.45, 2.75) is 25.2 Å². The summed E-state index contributed by atoms with van der Waals surface area (Å²) in [6.45, 7) is 4.42. The van der Waals surface area contributed by atoms with Crippen LogP contribution in [0.3, 0.4) is 0 Å². The van der Waals surface area contributed by atoms with E-state index in [4.69, 9.17) is 0 Å². The lowest BCUT2D eigenvalue weighted by Gasteiger charge is -2.22. The van der Waals surface area contributed by atoms with Gasteiger partial charge >= 0.3 is 0 Å². The molecule has 0 radical (unpaired) electrons. The molecule has 0 fully saturated rings. The van der Waals surface area contributed by atoms with Crippen molar-refractivity contribution in [1.82, 2.24) is 5.32 Å². The molecule has 0 saturated heterocycles. The molecule has 7 rings (SSSR count). The van der Waals surface area contributed by atoms with Gasteiger partial charge in [0.05, 0.1) is 0 Å². The SMILES string of the molecule is C=C(CC/C=C\NC1=CC(c2ccccc2)=CC(c2ccccc2)C1)c1ccc(-c2ccc(-c3ccccc3)c(Nc3ccccc3)c2)cc1. The molecule has 0 spiro atoms. The second-order valence-electron chi connectivity index (χ2n) is 12.8. The minimum absolute atomic E-state index is 0.337. The van der Waals surface area contributed by atoms with Crippen LogP contribution in [0.4, 0.5) is 11.4 Å². The van der Waals surface area contributed by atoms with Crippen molar-refractivity contribution in [1.29, 1.82) is 0 Å². The van der Waals surface area contributed by atoms with E-state index in [1.54, 1.807) is 0 Å². The Balaban J connectivity index is 0.987. The van der Waals surface area contributed by atoms with Gasteiger partial charge in [0.15, 0.2) is 0 Å². The van der Waals surface area contributed by atoms with Crippen molar-refractivity contribution >= 4 is 22.5 Å². The zero-order chi connectivity index (χ0) is 34.0. The van der Waals surface area contributed by atoms with Crippen molar-refractivity contribution in [3.8, 4) is 22.3 Å². The molecule has 0 bridgehead atoms. The maximum absolute atomic E-state index is 4.42. The molecule has 0 saturated carbocycles. The second kappa shape index (κ2) is 15.9. The normalized spacial score (nSPS) is 14.1. The lowest BCUT2D eigenvalue weighted by Crippen LogP contribution is -2.13. The predicted octanol–water partition coefficient (Wildman–Crippen LogP) is 12.8. The average Bonchev–Trinajstić information content (AvgIpc) is 3.19. The summed E-state index contributed by atoms with van der Waals surface area (Å²) in [4.78, 5) is 0. The Bertz CT molecular complexity index is 2110. The van der Waals surface area contributed by atoms with Crippen molar-refractivity contribution in [2.24, 2.45) is 0 Å². The van der Waals surface area contributed by atoms with E-state index in [1.165, 1.54) is 50.2 Å². The summed E-state index contributed by atoms with van der Waals surface area (Å²) in [5.41, 5.74) is 14.3. The van der Waals surface area contributed by atoms with Crippen molar-refractivity contribution in [2.75, 3.05) is 5.32 Å². The number of rotatable bonds is 12. The molecule has 50 heavy (non-hydrogen) atoms. The largest absolute Gasteiger partial charge is 0.365 e. The molecule has 6 aromatic carbocycles. The average molecular weight is 647 g/mol. The van der Waals surface area contributed by atoms with Gasteiger partial charge < -0.3 is 10.6 Å². The van der Waals surface area contributed by atoms with Crippen LogP contribution in [0, 0.1) is 0 Å².